The molecule has 118 valence electrons. The molecule has 1 atom stereocenters. The third-order valence-electron chi connectivity index (χ3n) is 3.15. The Morgan fingerprint density at radius 2 is 2.43 bits per heavy atom. The first-order valence-corrected chi connectivity index (χ1v) is 6.76. The Balaban J connectivity index is 0.00000220. The number of nitrogens with zero attached hydrogens (tertiary/aromatic N) is 4. The lowest BCUT2D eigenvalue weighted by Gasteiger charge is -2.25. The molecular weight excluding hydrogens is 383 g/mol. The Kier molecular flexibility index (Phi) is 7.65. The van der Waals surface area contributed by atoms with E-state index in [2.05, 4.69) is 32.3 Å². The molecule has 8 heteroatoms. The lowest BCUT2D eigenvalue weighted by atomic mass is 10.1. The van der Waals surface area contributed by atoms with Crippen molar-refractivity contribution in [3.63, 3.8) is 0 Å². The highest BCUT2D eigenvalue weighted by Crippen LogP contribution is 2.13. The summed E-state index contributed by atoms with van der Waals surface area (Å²) in [6.07, 6.45) is 3.73. The fraction of sp³-hybridized carbons (Fsp3) is 0.615. The molecule has 0 fully saturated rings. The van der Waals surface area contributed by atoms with Crippen LogP contribution in [0.5, 0.6) is 0 Å². The van der Waals surface area contributed by atoms with Crippen molar-refractivity contribution in [1.29, 1.82) is 0 Å². The zero-order chi connectivity index (χ0) is 14.4. The van der Waals surface area contributed by atoms with Gasteiger partial charge >= 0.3 is 0 Å². The SMILES string of the molecule is C=CCNC(=NC)NC1CCc2nc(COC)nn2C1.I. The molecule has 0 saturated heterocycles. The van der Waals surface area contributed by atoms with E-state index < -0.39 is 0 Å². The molecule has 0 spiro atoms. The average molecular weight is 406 g/mol. The van der Waals surface area contributed by atoms with Gasteiger partial charge in [-0.05, 0) is 6.42 Å². The predicted octanol–water partition coefficient (Wildman–Crippen LogP) is 0.708. The number of methoxy groups -OCH3 is 1. The topological polar surface area (TPSA) is 76.4 Å². The van der Waals surface area contributed by atoms with Gasteiger partial charge in [0, 0.05) is 33.2 Å². The van der Waals surface area contributed by atoms with Crippen molar-refractivity contribution in [2.75, 3.05) is 20.7 Å². The fourth-order valence-electron chi connectivity index (χ4n) is 2.23. The molecule has 0 aromatic carbocycles. The molecule has 1 aliphatic rings. The number of ether oxygens (including phenoxy) is 1. The van der Waals surface area contributed by atoms with Gasteiger partial charge in [-0.2, -0.15) is 5.10 Å². The van der Waals surface area contributed by atoms with E-state index in [0.717, 1.165) is 37.0 Å². The number of nitrogens with one attached hydrogen (secondary N) is 2. The van der Waals surface area contributed by atoms with E-state index in [1.54, 1.807) is 20.2 Å². The molecule has 2 N–H and O–H groups in total. The van der Waals surface area contributed by atoms with Crippen LogP contribution < -0.4 is 10.6 Å². The second kappa shape index (κ2) is 8.98. The summed E-state index contributed by atoms with van der Waals surface area (Å²) in [6.45, 7) is 5.63. The van der Waals surface area contributed by atoms with Gasteiger partial charge in [0.1, 0.15) is 12.4 Å². The minimum absolute atomic E-state index is 0. The third-order valence-corrected chi connectivity index (χ3v) is 3.15. The predicted molar refractivity (Wildman–Crippen MR) is 93.0 cm³/mol. The van der Waals surface area contributed by atoms with Crippen LogP contribution in [0.1, 0.15) is 18.1 Å². The van der Waals surface area contributed by atoms with E-state index >= 15 is 0 Å². The van der Waals surface area contributed by atoms with Crippen LogP contribution in [0.15, 0.2) is 17.6 Å². The summed E-state index contributed by atoms with van der Waals surface area (Å²) in [4.78, 5) is 8.66. The Morgan fingerprint density at radius 3 is 3.10 bits per heavy atom. The van der Waals surface area contributed by atoms with Crippen molar-refractivity contribution in [1.82, 2.24) is 25.4 Å². The summed E-state index contributed by atoms with van der Waals surface area (Å²) >= 11 is 0. The number of halogens is 1. The lowest BCUT2D eigenvalue weighted by Crippen LogP contribution is -2.47. The summed E-state index contributed by atoms with van der Waals surface area (Å²) in [6, 6.07) is 0.301. The van der Waals surface area contributed by atoms with Gasteiger partial charge in [0.2, 0.25) is 0 Å². The second-order valence-corrected chi connectivity index (χ2v) is 4.68. The van der Waals surface area contributed by atoms with E-state index in [1.807, 2.05) is 4.68 Å². The molecule has 0 radical (unpaired) electrons. The van der Waals surface area contributed by atoms with Gasteiger partial charge in [0.25, 0.3) is 0 Å². The van der Waals surface area contributed by atoms with Crippen LogP contribution >= 0.6 is 24.0 Å². The molecule has 0 bridgehead atoms. The Morgan fingerprint density at radius 1 is 1.62 bits per heavy atom. The lowest BCUT2D eigenvalue weighted by molar-refractivity contribution is 0.177. The zero-order valence-electron chi connectivity index (χ0n) is 12.5. The zero-order valence-corrected chi connectivity index (χ0v) is 14.8. The molecule has 0 aliphatic carbocycles. The van der Waals surface area contributed by atoms with Gasteiger partial charge < -0.3 is 15.4 Å². The normalized spacial score (nSPS) is 17.6. The number of rotatable bonds is 5. The van der Waals surface area contributed by atoms with Gasteiger partial charge in [0.15, 0.2) is 11.8 Å². The van der Waals surface area contributed by atoms with Crippen LogP contribution in [-0.2, 0) is 24.3 Å². The molecule has 1 aromatic heterocycles. The number of aryl methyl sites for hydroxylation is 1. The maximum Gasteiger partial charge on any atom is 0.191 e. The van der Waals surface area contributed by atoms with E-state index in [4.69, 9.17) is 4.74 Å². The number of fused-ring (bicyclic) bond motifs is 1. The number of hydrogen-bond acceptors (Lipinski definition) is 4. The molecule has 2 heterocycles. The summed E-state index contributed by atoms with van der Waals surface area (Å²) in [7, 11) is 3.42. The second-order valence-electron chi connectivity index (χ2n) is 4.68. The maximum atomic E-state index is 5.07. The van der Waals surface area contributed by atoms with Crippen LogP contribution in [0.3, 0.4) is 0 Å². The van der Waals surface area contributed by atoms with Crippen molar-refractivity contribution in [2.24, 2.45) is 4.99 Å². The molecular formula is C13H23IN6O. The van der Waals surface area contributed by atoms with E-state index in [0.29, 0.717) is 19.2 Å². The van der Waals surface area contributed by atoms with Gasteiger partial charge in [0.05, 0.1) is 6.54 Å². The van der Waals surface area contributed by atoms with Crippen LogP contribution in [-0.4, -0.2) is 47.5 Å². The van der Waals surface area contributed by atoms with E-state index in [9.17, 15) is 0 Å². The number of aromatic nitrogens is 3. The first kappa shape index (κ1) is 17.9. The minimum Gasteiger partial charge on any atom is -0.377 e. The summed E-state index contributed by atoms with van der Waals surface area (Å²) < 4.78 is 7.02. The van der Waals surface area contributed by atoms with E-state index in [1.165, 1.54) is 0 Å². The fourth-order valence-corrected chi connectivity index (χ4v) is 2.23. The van der Waals surface area contributed by atoms with Crippen molar-refractivity contribution < 1.29 is 4.74 Å². The Bertz CT molecular complexity index is 487. The number of aliphatic imine (C=N–C) groups is 1. The molecule has 0 saturated carbocycles. The van der Waals surface area contributed by atoms with Crippen LogP contribution in [0.25, 0.3) is 0 Å². The number of guanidine groups is 1. The summed E-state index contributed by atoms with van der Waals surface area (Å²) in [5.74, 6) is 2.57. The van der Waals surface area contributed by atoms with Gasteiger partial charge in [-0.3, -0.25) is 4.99 Å². The Hall–Kier alpha value is -1.16. The highest BCUT2D eigenvalue weighted by molar-refractivity contribution is 14.0. The van der Waals surface area contributed by atoms with Crippen molar-refractivity contribution in [3.8, 4) is 0 Å². The van der Waals surface area contributed by atoms with E-state index in [-0.39, 0.29) is 24.0 Å². The third kappa shape index (κ3) is 4.95. The molecule has 0 amide bonds. The summed E-state index contributed by atoms with van der Waals surface area (Å²) in [5, 5.41) is 11.0. The van der Waals surface area contributed by atoms with Gasteiger partial charge in [-0.1, -0.05) is 6.08 Å². The van der Waals surface area contributed by atoms with Crippen LogP contribution in [0, 0.1) is 0 Å². The van der Waals surface area contributed by atoms with Gasteiger partial charge in [-0.25, -0.2) is 9.67 Å². The highest BCUT2D eigenvalue weighted by Gasteiger charge is 2.22. The van der Waals surface area contributed by atoms with Crippen LogP contribution in [0.2, 0.25) is 0 Å². The molecule has 1 unspecified atom stereocenters. The Labute approximate surface area is 142 Å². The first-order valence-electron chi connectivity index (χ1n) is 6.76. The maximum absolute atomic E-state index is 5.07. The van der Waals surface area contributed by atoms with Crippen molar-refractivity contribution in [3.05, 3.63) is 24.3 Å². The monoisotopic (exact) mass is 406 g/mol. The van der Waals surface area contributed by atoms with Gasteiger partial charge in [-0.15, -0.1) is 30.6 Å². The molecule has 21 heavy (non-hydrogen) atoms. The number of hydrogen-bond donors (Lipinski definition) is 2. The minimum atomic E-state index is 0. The van der Waals surface area contributed by atoms with Crippen molar-refractivity contribution >= 4 is 29.9 Å². The smallest absolute Gasteiger partial charge is 0.191 e. The largest absolute Gasteiger partial charge is 0.377 e. The molecule has 7 nitrogen and oxygen atoms in total. The molecule has 1 aliphatic heterocycles. The average Bonchev–Trinajstić information content (AvgIpc) is 2.85. The molecule has 2 rings (SSSR count). The van der Waals surface area contributed by atoms with Crippen molar-refractivity contribution in [2.45, 2.75) is 32.0 Å². The van der Waals surface area contributed by atoms with Crippen LogP contribution in [0.4, 0.5) is 0 Å². The molecule has 1 aromatic rings. The quantitative estimate of drug-likeness (QED) is 0.326. The standard InChI is InChI=1S/C13H22N6O.HI/c1-4-7-15-13(14-2)16-10-5-6-12-17-11(9-20-3)18-19(12)8-10;/h4,10H,1,5-9H2,2-3H3,(H2,14,15,16);1H. The summed E-state index contributed by atoms with van der Waals surface area (Å²) in [5.41, 5.74) is 0. The first-order chi connectivity index (χ1) is 9.76. The highest BCUT2D eigenvalue weighted by atomic mass is 127.